The molecule has 1 amide bonds. The second kappa shape index (κ2) is 7.68. The van der Waals surface area contributed by atoms with Crippen molar-refractivity contribution in [2.24, 2.45) is 0 Å². The summed E-state index contributed by atoms with van der Waals surface area (Å²) >= 11 is 5.76. The number of hydrogen-bond acceptors (Lipinski definition) is 4. The van der Waals surface area contributed by atoms with E-state index < -0.39 is 29.7 Å². The Morgan fingerprint density at radius 2 is 2.21 bits per heavy atom. The zero-order valence-electron chi connectivity index (χ0n) is 14.2. The molecule has 1 aliphatic rings. The van der Waals surface area contributed by atoms with Gasteiger partial charge in [0.1, 0.15) is 11.4 Å². The largest absolute Gasteiger partial charge is 0.444 e. The molecule has 0 aromatic heterocycles. The zero-order chi connectivity index (χ0) is 17.9. The molecule has 0 saturated carbocycles. The van der Waals surface area contributed by atoms with Gasteiger partial charge in [-0.1, -0.05) is 23.7 Å². The Morgan fingerprint density at radius 1 is 1.50 bits per heavy atom. The van der Waals surface area contributed by atoms with Crippen LogP contribution in [-0.2, 0) is 11.3 Å². The average Bonchev–Trinajstić information content (AvgIpc) is 2.83. The first kappa shape index (κ1) is 19.0. The van der Waals surface area contributed by atoms with Gasteiger partial charge < -0.3 is 20.1 Å². The highest BCUT2D eigenvalue weighted by molar-refractivity contribution is 6.30. The van der Waals surface area contributed by atoms with Crippen molar-refractivity contribution in [1.82, 2.24) is 10.2 Å². The lowest BCUT2D eigenvalue weighted by molar-refractivity contribution is 0.0156. The van der Waals surface area contributed by atoms with Crippen LogP contribution in [0.1, 0.15) is 32.8 Å². The van der Waals surface area contributed by atoms with E-state index in [2.05, 4.69) is 5.32 Å². The Labute approximate surface area is 146 Å². The van der Waals surface area contributed by atoms with Crippen LogP contribution in [0.4, 0.5) is 9.18 Å². The van der Waals surface area contributed by atoms with Crippen molar-refractivity contribution in [2.45, 2.75) is 51.5 Å². The minimum atomic E-state index is -0.630. The molecule has 1 aromatic carbocycles. The molecule has 1 aliphatic heterocycles. The molecule has 2 N–H and O–H groups in total. The van der Waals surface area contributed by atoms with E-state index in [4.69, 9.17) is 16.3 Å². The summed E-state index contributed by atoms with van der Waals surface area (Å²) < 4.78 is 19.2. The molecule has 1 heterocycles. The van der Waals surface area contributed by atoms with E-state index in [0.717, 1.165) is 0 Å². The highest BCUT2D eigenvalue weighted by Gasteiger charge is 2.37. The van der Waals surface area contributed by atoms with Gasteiger partial charge in [-0.25, -0.2) is 9.18 Å². The van der Waals surface area contributed by atoms with Crippen molar-refractivity contribution < 1.29 is 19.0 Å². The predicted molar refractivity (Wildman–Crippen MR) is 90.5 cm³/mol. The summed E-state index contributed by atoms with van der Waals surface area (Å²) in [5.74, 6) is -0.456. The van der Waals surface area contributed by atoms with Crippen molar-refractivity contribution in [3.8, 4) is 0 Å². The first-order chi connectivity index (χ1) is 11.2. The van der Waals surface area contributed by atoms with Gasteiger partial charge >= 0.3 is 6.09 Å². The molecular weight excluding hydrogens is 335 g/mol. The Hall–Kier alpha value is -1.37. The number of ether oxygens (including phenoxy) is 1. The van der Waals surface area contributed by atoms with Gasteiger partial charge in [0, 0.05) is 25.2 Å². The predicted octanol–water partition coefficient (Wildman–Crippen LogP) is 2.94. The summed E-state index contributed by atoms with van der Waals surface area (Å²) in [7, 11) is 0. The van der Waals surface area contributed by atoms with E-state index in [1.54, 1.807) is 32.9 Å². The fourth-order valence-electron chi connectivity index (χ4n) is 2.67. The summed E-state index contributed by atoms with van der Waals surface area (Å²) in [5.41, 5.74) is -0.147. The smallest absolute Gasteiger partial charge is 0.410 e. The molecule has 2 rings (SSSR count). The molecule has 0 bridgehead atoms. The zero-order valence-corrected chi connectivity index (χ0v) is 14.9. The van der Waals surface area contributed by atoms with Gasteiger partial charge in [-0.2, -0.15) is 0 Å². The highest BCUT2D eigenvalue weighted by atomic mass is 35.5. The summed E-state index contributed by atoms with van der Waals surface area (Å²) in [4.78, 5) is 13.8. The van der Waals surface area contributed by atoms with E-state index in [9.17, 15) is 14.3 Å². The van der Waals surface area contributed by atoms with Crippen molar-refractivity contribution in [1.29, 1.82) is 0 Å². The molecule has 2 unspecified atom stereocenters. The molecule has 0 radical (unpaired) electrons. The van der Waals surface area contributed by atoms with E-state index >= 15 is 0 Å². The SMILES string of the molecule is CC(C)(C)OC(=O)N1CCC(O)C1CNCc1cccc(Cl)c1F. The highest BCUT2D eigenvalue weighted by Crippen LogP contribution is 2.22. The number of aliphatic hydroxyl groups excluding tert-OH is 1. The van der Waals surface area contributed by atoms with Crippen LogP contribution in [-0.4, -0.2) is 46.9 Å². The fraction of sp³-hybridized carbons (Fsp3) is 0.588. The number of carbonyl (C=O) groups excluding carboxylic acids is 1. The third-order valence-corrected chi connectivity index (χ3v) is 4.13. The van der Waals surface area contributed by atoms with Crippen LogP contribution in [0.3, 0.4) is 0 Å². The van der Waals surface area contributed by atoms with Crippen molar-refractivity contribution in [3.05, 3.63) is 34.6 Å². The summed E-state index contributed by atoms with van der Waals surface area (Å²) in [6.45, 7) is 6.43. The standard InChI is InChI=1S/C17H24ClFN2O3/c1-17(2,3)24-16(23)21-8-7-14(22)13(21)10-20-9-11-5-4-6-12(18)15(11)19/h4-6,13-14,20,22H,7-10H2,1-3H3. The number of benzene rings is 1. The Balaban J connectivity index is 1.94. The average molecular weight is 359 g/mol. The lowest BCUT2D eigenvalue weighted by atomic mass is 10.1. The number of aliphatic hydroxyl groups is 1. The number of likely N-dealkylation sites (tertiary alicyclic amines) is 1. The Morgan fingerprint density at radius 3 is 2.88 bits per heavy atom. The third-order valence-electron chi connectivity index (χ3n) is 3.84. The fourth-order valence-corrected chi connectivity index (χ4v) is 2.86. The molecule has 0 spiro atoms. The first-order valence-corrected chi connectivity index (χ1v) is 8.38. The number of amides is 1. The molecular formula is C17H24ClFN2O3. The number of halogens is 2. The number of nitrogens with zero attached hydrogens (tertiary/aromatic N) is 1. The summed E-state index contributed by atoms with van der Waals surface area (Å²) in [6, 6.07) is 4.41. The minimum absolute atomic E-state index is 0.0746. The third kappa shape index (κ3) is 4.82. The maximum Gasteiger partial charge on any atom is 0.410 e. The second-order valence-electron chi connectivity index (χ2n) is 6.94. The maximum atomic E-state index is 13.9. The topological polar surface area (TPSA) is 61.8 Å². The van der Waals surface area contributed by atoms with E-state index in [1.807, 2.05) is 0 Å². The van der Waals surface area contributed by atoms with Crippen molar-refractivity contribution in [2.75, 3.05) is 13.1 Å². The molecule has 1 aromatic rings. The van der Waals surface area contributed by atoms with Crippen LogP contribution >= 0.6 is 11.6 Å². The van der Waals surface area contributed by atoms with Gasteiger partial charge in [0.15, 0.2) is 0 Å². The van der Waals surface area contributed by atoms with E-state index in [1.165, 1.54) is 11.0 Å². The molecule has 1 saturated heterocycles. The van der Waals surface area contributed by atoms with Gasteiger partial charge in [-0.15, -0.1) is 0 Å². The molecule has 0 aliphatic carbocycles. The quantitative estimate of drug-likeness (QED) is 0.868. The number of carbonyl (C=O) groups is 1. The van der Waals surface area contributed by atoms with E-state index in [-0.39, 0.29) is 11.6 Å². The van der Waals surface area contributed by atoms with Gasteiger partial charge in [0.05, 0.1) is 17.2 Å². The molecule has 7 heteroatoms. The van der Waals surface area contributed by atoms with Crippen LogP contribution in [0.25, 0.3) is 0 Å². The number of rotatable bonds is 4. The van der Waals surface area contributed by atoms with Crippen LogP contribution in [0, 0.1) is 5.82 Å². The maximum absolute atomic E-state index is 13.9. The van der Waals surface area contributed by atoms with Gasteiger partial charge in [0.25, 0.3) is 0 Å². The number of nitrogens with one attached hydrogen (secondary N) is 1. The van der Waals surface area contributed by atoms with Gasteiger partial charge in [0.2, 0.25) is 0 Å². The van der Waals surface area contributed by atoms with Crippen LogP contribution in [0.5, 0.6) is 0 Å². The van der Waals surface area contributed by atoms with Crippen molar-refractivity contribution >= 4 is 17.7 Å². The van der Waals surface area contributed by atoms with Crippen molar-refractivity contribution in [3.63, 3.8) is 0 Å². The lowest BCUT2D eigenvalue weighted by Crippen LogP contribution is -2.47. The minimum Gasteiger partial charge on any atom is -0.444 e. The molecule has 2 atom stereocenters. The summed E-state index contributed by atoms with van der Waals surface area (Å²) in [6.07, 6.45) is -0.578. The molecule has 1 fully saturated rings. The Bertz CT molecular complexity index is 592. The summed E-state index contributed by atoms with van der Waals surface area (Å²) in [5, 5.41) is 13.3. The van der Waals surface area contributed by atoms with Gasteiger partial charge in [-0.05, 0) is 33.3 Å². The molecule has 24 heavy (non-hydrogen) atoms. The van der Waals surface area contributed by atoms with Crippen LogP contribution in [0.15, 0.2) is 18.2 Å². The normalized spacial score (nSPS) is 21.2. The van der Waals surface area contributed by atoms with E-state index in [0.29, 0.717) is 25.1 Å². The first-order valence-electron chi connectivity index (χ1n) is 8.00. The molecule has 5 nitrogen and oxygen atoms in total. The lowest BCUT2D eigenvalue weighted by Gasteiger charge is -2.29. The Kier molecular flexibility index (Phi) is 6.06. The second-order valence-corrected chi connectivity index (χ2v) is 7.35. The molecule has 134 valence electrons. The monoisotopic (exact) mass is 358 g/mol. The van der Waals surface area contributed by atoms with Crippen LogP contribution < -0.4 is 5.32 Å². The van der Waals surface area contributed by atoms with Gasteiger partial charge in [-0.3, -0.25) is 0 Å². The number of hydrogen-bond donors (Lipinski definition) is 2. The van der Waals surface area contributed by atoms with Crippen LogP contribution in [0.2, 0.25) is 5.02 Å².